The SMILES string of the molecule is NNCC(=O)N1CCC(F)(F)CC1. The Kier molecular flexibility index (Phi) is 3.16. The summed E-state index contributed by atoms with van der Waals surface area (Å²) >= 11 is 0. The lowest BCUT2D eigenvalue weighted by molar-refractivity contribution is -0.136. The van der Waals surface area contributed by atoms with E-state index in [9.17, 15) is 13.6 Å². The van der Waals surface area contributed by atoms with Gasteiger partial charge in [-0.2, -0.15) is 0 Å². The van der Waals surface area contributed by atoms with Crippen molar-refractivity contribution in [3.05, 3.63) is 0 Å². The number of nitrogens with zero attached hydrogens (tertiary/aromatic N) is 1. The van der Waals surface area contributed by atoms with E-state index in [1.165, 1.54) is 4.90 Å². The van der Waals surface area contributed by atoms with Crippen LogP contribution in [0.25, 0.3) is 0 Å². The fourth-order valence-electron chi connectivity index (χ4n) is 1.28. The van der Waals surface area contributed by atoms with E-state index in [1.54, 1.807) is 0 Å². The molecule has 4 nitrogen and oxygen atoms in total. The average molecular weight is 193 g/mol. The summed E-state index contributed by atoms with van der Waals surface area (Å²) in [5.41, 5.74) is 2.21. The van der Waals surface area contributed by atoms with Crippen LogP contribution in [-0.4, -0.2) is 36.4 Å². The second-order valence-corrected chi connectivity index (χ2v) is 3.12. The van der Waals surface area contributed by atoms with Crippen molar-refractivity contribution in [3.63, 3.8) is 0 Å². The molecule has 3 N–H and O–H groups in total. The van der Waals surface area contributed by atoms with Gasteiger partial charge in [0.25, 0.3) is 5.92 Å². The molecule has 1 saturated heterocycles. The van der Waals surface area contributed by atoms with E-state index in [-0.39, 0.29) is 38.4 Å². The van der Waals surface area contributed by atoms with Gasteiger partial charge in [0.15, 0.2) is 0 Å². The highest BCUT2D eigenvalue weighted by Crippen LogP contribution is 2.27. The predicted octanol–water partition coefficient (Wildman–Crippen LogP) is -0.293. The predicted molar refractivity (Wildman–Crippen MR) is 43.0 cm³/mol. The van der Waals surface area contributed by atoms with Gasteiger partial charge in [0.2, 0.25) is 5.91 Å². The Balaban J connectivity index is 2.36. The van der Waals surface area contributed by atoms with Crippen LogP contribution < -0.4 is 11.3 Å². The molecule has 1 rings (SSSR count). The van der Waals surface area contributed by atoms with E-state index >= 15 is 0 Å². The van der Waals surface area contributed by atoms with Gasteiger partial charge in [0.05, 0.1) is 6.54 Å². The quantitative estimate of drug-likeness (QED) is 0.468. The standard InChI is InChI=1S/C7H13F2N3O/c8-7(9)1-3-12(4-2-7)6(13)5-11-10/h11H,1-5,10H2. The van der Waals surface area contributed by atoms with Crippen LogP contribution in [0.15, 0.2) is 0 Å². The highest BCUT2D eigenvalue weighted by molar-refractivity contribution is 5.78. The van der Waals surface area contributed by atoms with Gasteiger partial charge in [-0.05, 0) is 0 Å². The molecule has 0 atom stereocenters. The molecule has 1 aliphatic heterocycles. The average Bonchev–Trinajstić information content (AvgIpc) is 2.04. The highest BCUT2D eigenvalue weighted by atomic mass is 19.3. The number of carbonyl (C=O) groups is 1. The van der Waals surface area contributed by atoms with Crippen molar-refractivity contribution in [3.8, 4) is 0 Å². The van der Waals surface area contributed by atoms with Crippen LogP contribution in [0.5, 0.6) is 0 Å². The summed E-state index contributed by atoms with van der Waals surface area (Å²) in [5, 5.41) is 0. The minimum Gasteiger partial charge on any atom is -0.341 e. The summed E-state index contributed by atoms with van der Waals surface area (Å²) in [6.45, 7) is 0.243. The molecule has 0 aromatic rings. The molecule has 0 spiro atoms. The summed E-state index contributed by atoms with van der Waals surface area (Å²) < 4.78 is 25.3. The van der Waals surface area contributed by atoms with E-state index in [4.69, 9.17) is 5.84 Å². The number of alkyl halides is 2. The van der Waals surface area contributed by atoms with Gasteiger partial charge in [-0.25, -0.2) is 8.78 Å². The molecule has 1 amide bonds. The number of likely N-dealkylation sites (tertiary alicyclic amines) is 1. The highest BCUT2D eigenvalue weighted by Gasteiger charge is 2.35. The summed E-state index contributed by atoms with van der Waals surface area (Å²) in [5.74, 6) is 2.12. The fourth-order valence-corrected chi connectivity index (χ4v) is 1.28. The van der Waals surface area contributed by atoms with Gasteiger partial charge in [0.1, 0.15) is 0 Å². The first kappa shape index (κ1) is 10.3. The number of halogens is 2. The van der Waals surface area contributed by atoms with E-state index in [2.05, 4.69) is 5.43 Å². The Morgan fingerprint density at radius 1 is 1.46 bits per heavy atom. The van der Waals surface area contributed by atoms with Crippen LogP contribution >= 0.6 is 0 Å². The first-order valence-electron chi connectivity index (χ1n) is 4.14. The Bertz CT molecular complexity index is 188. The molecule has 13 heavy (non-hydrogen) atoms. The largest absolute Gasteiger partial charge is 0.341 e. The van der Waals surface area contributed by atoms with Gasteiger partial charge >= 0.3 is 0 Å². The molecule has 1 aliphatic rings. The van der Waals surface area contributed by atoms with E-state index < -0.39 is 5.92 Å². The van der Waals surface area contributed by atoms with Crippen molar-refractivity contribution in [2.45, 2.75) is 18.8 Å². The lowest BCUT2D eigenvalue weighted by Gasteiger charge is -2.31. The Morgan fingerprint density at radius 2 is 2.00 bits per heavy atom. The summed E-state index contributed by atoms with van der Waals surface area (Å²) in [7, 11) is 0. The summed E-state index contributed by atoms with van der Waals surface area (Å²) in [4.78, 5) is 12.5. The van der Waals surface area contributed by atoms with Gasteiger partial charge in [0, 0.05) is 25.9 Å². The molecule has 0 radical (unpaired) electrons. The van der Waals surface area contributed by atoms with Gasteiger partial charge < -0.3 is 4.90 Å². The van der Waals surface area contributed by atoms with Crippen molar-refractivity contribution in [1.29, 1.82) is 0 Å². The van der Waals surface area contributed by atoms with Crippen LogP contribution in [0.1, 0.15) is 12.8 Å². The van der Waals surface area contributed by atoms with Crippen molar-refractivity contribution < 1.29 is 13.6 Å². The molecule has 0 unspecified atom stereocenters. The number of carbonyl (C=O) groups excluding carboxylic acids is 1. The van der Waals surface area contributed by atoms with E-state index in [0.717, 1.165) is 0 Å². The third kappa shape index (κ3) is 2.89. The monoisotopic (exact) mass is 193 g/mol. The number of nitrogens with two attached hydrogens (primary N) is 1. The zero-order valence-corrected chi connectivity index (χ0v) is 7.22. The second kappa shape index (κ2) is 3.97. The van der Waals surface area contributed by atoms with Crippen LogP contribution in [-0.2, 0) is 4.79 Å². The third-order valence-electron chi connectivity index (χ3n) is 2.10. The number of hydrogen-bond donors (Lipinski definition) is 2. The maximum Gasteiger partial charge on any atom is 0.251 e. The number of amides is 1. The Hall–Kier alpha value is -0.750. The molecular weight excluding hydrogens is 180 g/mol. The van der Waals surface area contributed by atoms with E-state index in [1.807, 2.05) is 0 Å². The normalized spacial score (nSPS) is 21.6. The number of hydrogen-bond acceptors (Lipinski definition) is 3. The molecule has 0 bridgehead atoms. The maximum absolute atomic E-state index is 12.6. The van der Waals surface area contributed by atoms with Gasteiger partial charge in [-0.3, -0.25) is 16.1 Å². The van der Waals surface area contributed by atoms with Crippen LogP contribution in [0.2, 0.25) is 0 Å². The van der Waals surface area contributed by atoms with Crippen molar-refractivity contribution in [2.24, 2.45) is 5.84 Å². The van der Waals surface area contributed by atoms with Crippen LogP contribution in [0.4, 0.5) is 8.78 Å². The first-order valence-corrected chi connectivity index (χ1v) is 4.14. The summed E-state index contributed by atoms with van der Waals surface area (Å²) in [6, 6.07) is 0. The lowest BCUT2D eigenvalue weighted by atomic mass is 10.1. The molecular formula is C7H13F2N3O. The van der Waals surface area contributed by atoms with Crippen LogP contribution in [0, 0.1) is 0 Å². The molecule has 1 fully saturated rings. The molecule has 0 saturated carbocycles. The number of hydrazine groups is 1. The Labute approximate surface area is 75.0 Å². The maximum atomic E-state index is 12.6. The zero-order valence-electron chi connectivity index (χ0n) is 7.22. The molecule has 1 heterocycles. The minimum absolute atomic E-state index is 0.00553. The second-order valence-electron chi connectivity index (χ2n) is 3.12. The fraction of sp³-hybridized carbons (Fsp3) is 0.857. The molecule has 76 valence electrons. The lowest BCUT2D eigenvalue weighted by Crippen LogP contribution is -2.46. The molecule has 0 aromatic carbocycles. The van der Waals surface area contributed by atoms with Crippen molar-refractivity contribution in [2.75, 3.05) is 19.6 Å². The topological polar surface area (TPSA) is 58.4 Å². The van der Waals surface area contributed by atoms with Crippen molar-refractivity contribution >= 4 is 5.91 Å². The Morgan fingerprint density at radius 3 is 2.46 bits per heavy atom. The van der Waals surface area contributed by atoms with Crippen molar-refractivity contribution in [1.82, 2.24) is 10.3 Å². The molecule has 0 aliphatic carbocycles. The van der Waals surface area contributed by atoms with Gasteiger partial charge in [-0.1, -0.05) is 0 Å². The van der Waals surface area contributed by atoms with E-state index in [0.29, 0.717) is 0 Å². The van der Waals surface area contributed by atoms with Crippen LogP contribution in [0.3, 0.4) is 0 Å². The first-order chi connectivity index (χ1) is 6.05. The minimum atomic E-state index is -2.60. The number of piperidine rings is 1. The molecule has 6 heteroatoms. The third-order valence-corrected chi connectivity index (χ3v) is 2.10. The van der Waals surface area contributed by atoms with Gasteiger partial charge in [-0.15, -0.1) is 0 Å². The smallest absolute Gasteiger partial charge is 0.251 e. The molecule has 0 aromatic heterocycles. The zero-order chi connectivity index (χ0) is 9.90. The number of nitrogens with one attached hydrogen (secondary N) is 1. The number of rotatable bonds is 2. The summed E-state index contributed by atoms with van der Waals surface area (Å²) in [6.07, 6.45) is -0.493.